The molecule has 0 saturated heterocycles. The Bertz CT molecular complexity index is 531. The van der Waals surface area contributed by atoms with Crippen molar-refractivity contribution in [1.29, 1.82) is 0 Å². The van der Waals surface area contributed by atoms with E-state index >= 15 is 0 Å². The van der Waals surface area contributed by atoms with Gasteiger partial charge in [0.2, 0.25) is 0 Å². The van der Waals surface area contributed by atoms with Crippen LogP contribution in [0.2, 0.25) is 0 Å². The quantitative estimate of drug-likeness (QED) is 0.794. The molecule has 2 aromatic carbocycles. The van der Waals surface area contributed by atoms with Crippen molar-refractivity contribution in [3.8, 4) is 5.75 Å². The summed E-state index contributed by atoms with van der Waals surface area (Å²) in [7, 11) is -1.56. The van der Waals surface area contributed by atoms with Gasteiger partial charge in [-0.3, -0.25) is 0 Å². The molecule has 0 bridgehead atoms. The fourth-order valence-electron chi connectivity index (χ4n) is 1.63. The third kappa shape index (κ3) is 2.88. The molecule has 0 aliphatic heterocycles. The average Bonchev–Trinajstić information content (AvgIpc) is 2.38. The summed E-state index contributed by atoms with van der Waals surface area (Å²) in [6.07, 6.45) is 0. The molecule has 0 spiro atoms. The summed E-state index contributed by atoms with van der Waals surface area (Å²) in [5.41, 5.74) is 0.963. The number of ether oxygens (including phenoxy) is 1. The van der Waals surface area contributed by atoms with E-state index in [9.17, 15) is 14.4 Å². The van der Waals surface area contributed by atoms with E-state index in [0.29, 0.717) is 11.0 Å². The Morgan fingerprint density at radius 3 is 2.39 bits per heavy atom. The molecule has 2 N–H and O–H groups in total. The Balaban J connectivity index is 2.14. The highest BCUT2D eigenvalue weighted by molar-refractivity contribution is 6.59. The van der Waals surface area contributed by atoms with Crippen LogP contribution in [0.25, 0.3) is 0 Å². The van der Waals surface area contributed by atoms with Crippen LogP contribution in [0.1, 0.15) is 5.56 Å². The lowest BCUT2D eigenvalue weighted by Gasteiger charge is -2.10. The molecule has 2 aromatic rings. The lowest BCUT2D eigenvalue weighted by molar-refractivity contribution is 0.290. The molecular formula is C13H12BFO3. The lowest BCUT2D eigenvalue weighted by atomic mass is 9.77. The molecule has 0 unspecified atom stereocenters. The van der Waals surface area contributed by atoms with Crippen molar-refractivity contribution in [2.45, 2.75) is 6.61 Å². The van der Waals surface area contributed by atoms with Crippen LogP contribution in [0.5, 0.6) is 5.75 Å². The summed E-state index contributed by atoms with van der Waals surface area (Å²) in [6, 6.07) is 12.8. The van der Waals surface area contributed by atoms with Crippen LogP contribution in [-0.4, -0.2) is 17.2 Å². The molecule has 5 heteroatoms. The second kappa shape index (κ2) is 5.66. The summed E-state index contributed by atoms with van der Waals surface area (Å²) in [6.45, 7) is 0.0781. The van der Waals surface area contributed by atoms with Gasteiger partial charge in [0.1, 0.15) is 6.61 Å². The van der Waals surface area contributed by atoms with Crippen LogP contribution in [-0.2, 0) is 6.61 Å². The number of rotatable bonds is 4. The number of hydrogen-bond donors (Lipinski definition) is 2. The van der Waals surface area contributed by atoms with E-state index in [-0.39, 0.29) is 12.4 Å². The third-order valence-corrected chi connectivity index (χ3v) is 2.55. The SMILES string of the molecule is OB(O)c1ccccc1COc1ccccc1F. The fraction of sp³-hybridized carbons (Fsp3) is 0.0769. The lowest BCUT2D eigenvalue weighted by Crippen LogP contribution is -2.33. The minimum absolute atomic E-state index is 0.0781. The van der Waals surface area contributed by atoms with Crippen molar-refractivity contribution in [2.75, 3.05) is 0 Å². The number of halogens is 1. The van der Waals surface area contributed by atoms with Crippen molar-refractivity contribution >= 4 is 12.6 Å². The summed E-state index contributed by atoms with van der Waals surface area (Å²) >= 11 is 0. The van der Waals surface area contributed by atoms with Crippen molar-refractivity contribution in [1.82, 2.24) is 0 Å². The van der Waals surface area contributed by atoms with Gasteiger partial charge < -0.3 is 14.8 Å². The molecule has 0 fully saturated rings. The van der Waals surface area contributed by atoms with Crippen LogP contribution < -0.4 is 10.2 Å². The molecular weight excluding hydrogens is 234 g/mol. The average molecular weight is 246 g/mol. The first kappa shape index (κ1) is 12.6. The Hall–Kier alpha value is -1.85. The van der Waals surface area contributed by atoms with Gasteiger partial charge in [-0.25, -0.2) is 4.39 Å². The molecule has 92 valence electrons. The number of benzene rings is 2. The monoisotopic (exact) mass is 246 g/mol. The predicted octanol–water partition coefficient (Wildman–Crippen LogP) is 1.08. The molecule has 2 rings (SSSR count). The highest BCUT2D eigenvalue weighted by atomic mass is 19.1. The van der Waals surface area contributed by atoms with Gasteiger partial charge in [0.15, 0.2) is 11.6 Å². The maximum Gasteiger partial charge on any atom is 0.488 e. The van der Waals surface area contributed by atoms with Crippen molar-refractivity contribution in [2.24, 2.45) is 0 Å². The van der Waals surface area contributed by atoms with Crippen LogP contribution in [0.3, 0.4) is 0 Å². The summed E-state index contributed by atoms with van der Waals surface area (Å²) in [5, 5.41) is 18.4. The van der Waals surface area contributed by atoms with Crippen LogP contribution in [0.15, 0.2) is 48.5 Å². The predicted molar refractivity (Wildman–Crippen MR) is 67.0 cm³/mol. The van der Waals surface area contributed by atoms with Gasteiger partial charge in [-0.2, -0.15) is 0 Å². The zero-order chi connectivity index (χ0) is 13.0. The topological polar surface area (TPSA) is 49.7 Å². The zero-order valence-corrected chi connectivity index (χ0v) is 9.58. The van der Waals surface area contributed by atoms with Crippen LogP contribution in [0, 0.1) is 5.82 Å². The third-order valence-electron chi connectivity index (χ3n) is 2.55. The minimum atomic E-state index is -1.56. The molecule has 0 saturated carbocycles. The normalized spacial score (nSPS) is 10.2. The van der Waals surface area contributed by atoms with Gasteiger partial charge in [-0.05, 0) is 23.2 Å². The maximum absolute atomic E-state index is 13.3. The van der Waals surface area contributed by atoms with Gasteiger partial charge in [-0.1, -0.05) is 36.4 Å². The number of para-hydroxylation sites is 1. The smallest absolute Gasteiger partial charge is 0.486 e. The van der Waals surface area contributed by atoms with E-state index < -0.39 is 12.9 Å². The standard InChI is InChI=1S/C13H12BFO3/c15-12-7-3-4-8-13(12)18-9-10-5-1-2-6-11(10)14(16)17/h1-8,16-17H,9H2. The molecule has 0 heterocycles. The molecule has 0 aliphatic rings. The molecule has 0 atom stereocenters. The second-order valence-corrected chi connectivity index (χ2v) is 3.79. The first-order valence-corrected chi connectivity index (χ1v) is 5.50. The molecule has 18 heavy (non-hydrogen) atoms. The van der Waals surface area contributed by atoms with Crippen molar-refractivity contribution < 1.29 is 19.2 Å². The summed E-state index contributed by atoms with van der Waals surface area (Å²) in [4.78, 5) is 0. The maximum atomic E-state index is 13.3. The fourth-order valence-corrected chi connectivity index (χ4v) is 1.63. The summed E-state index contributed by atoms with van der Waals surface area (Å²) < 4.78 is 18.6. The van der Waals surface area contributed by atoms with Crippen LogP contribution in [0.4, 0.5) is 4.39 Å². The highest BCUT2D eigenvalue weighted by Gasteiger charge is 2.15. The van der Waals surface area contributed by atoms with Crippen molar-refractivity contribution in [3.05, 3.63) is 59.9 Å². The van der Waals surface area contributed by atoms with E-state index in [4.69, 9.17) is 4.74 Å². The molecule has 0 radical (unpaired) electrons. The van der Waals surface area contributed by atoms with Gasteiger partial charge in [0.05, 0.1) is 0 Å². The second-order valence-electron chi connectivity index (χ2n) is 3.79. The molecule has 0 amide bonds. The molecule has 3 nitrogen and oxygen atoms in total. The first-order chi connectivity index (χ1) is 8.68. The van der Waals surface area contributed by atoms with Gasteiger partial charge in [0.25, 0.3) is 0 Å². The van der Waals surface area contributed by atoms with Gasteiger partial charge >= 0.3 is 7.12 Å². The largest absolute Gasteiger partial charge is 0.488 e. The summed E-state index contributed by atoms with van der Waals surface area (Å²) in [5.74, 6) is -0.306. The van der Waals surface area contributed by atoms with Crippen LogP contribution >= 0.6 is 0 Å². The van der Waals surface area contributed by atoms with E-state index in [1.807, 2.05) is 0 Å². The first-order valence-electron chi connectivity index (χ1n) is 5.50. The zero-order valence-electron chi connectivity index (χ0n) is 9.58. The highest BCUT2D eigenvalue weighted by Crippen LogP contribution is 2.16. The Morgan fingerprint density at radius 2 is 1.67 bits per heavy atom. The molecule has 0 aromatic heterocycles. The van der Waals surface area contributed by atoms with Gasteiger partial charge in [-0.15, -0.1) is 0 Å². The van der Waals surface area contributed by atoms with Gasteiger partial charge in [0, 0.05) is 0 Å². The van der Waals surface area contributed by atoms with Crippen molar-refractivity contribution in [3.63, 3.8) is 0 Å². The molecule has 0 aliphatic carbocycles. The Labute approximate surface area is 105 Å². The number of hydrogen-bond acceptors (Lipinski definition) is 3. The van der Waals surface area contributed by atoms with E-state index in [1.165, 1.54) is 12.1 Å². The Morgan fingerprint density at radius 1 is 1.00 bits per heavy atom. The van der Waals surface area contributed by atoms with E-state index in [0.717, 1.165) is 0 Å². The Kier molecular flexibility index (Phi) is 3.97. The van der Waals surface area contributed by atoms with E-state index in [2.05, 4.69) is 0 Å². The minimum Gasteiger partial charge on any atom is -0.486 e. The van der Waals surface area contributed by atoms with E-state index in [1.54, 1.807) is 36.4 Å².